The summed E-state index contributed by atoms with van der Waals surface area (Å²) in [5.41, 5.74) is 1.62. The molecule has 0 fully saturated rings. The Bertz CT molecular complexity index is 1000. The Hall–Kier alpha value is -2.98. The summed E-state index contributed by atoms with van der Waals surface area (Å²) < 4.78 is 26.4. The van der Waals surface area contributed by atoms with Gasteiger partial charge in [-0.15, -0.1) is 10.2 Å². The number of sulfonamides is 1. The van der Waals surface area contributed by atoms with Crippen LogP contribution in [0.3, 0.4) is 0 Å². The number of aromatic nitrogens is 5. The highest BCUT2D eigenvalue weighted by atomic mass is 32.2. The molecule has 0 spiro atoms. The second-order valence-electron chi connectivity index (χ2n) is 5.55. The Morgan fingerprint density at radius 3 is 2.46 bits per heavy atom. The molecule has 26 heavy (non-hydrogen) atoms. The van der Waals surface area contributed by atoms with E-state index in [4.69, 9.17) is 0 Å². The van der Waals surface area contributed by atoms with Crippen molar-refractivity contribution in [3.63, 3.8) is 0 Å². The minimum absolute atomic E-state index is 0.0617. The van der Waals surface area contributed by atoms with Crippen molar-refractivity contribution in [3.05, 3.63) is 54.4 Å². The molecule has 0 aliphatic rings. The van der Waals surface area contributed by atoms with Crippen LogP contribution < -0.4 is 4.72 Å². The Labute approximate surface area is 150 Å². The standard InChI is InChI=1S/C16H16N6O3S/c1-12(23)10-18-26(24,25)15-4-2-14(3-5-15)16-19-21-22(20-16)11-13-6-8-17-9-7-13/h2-9,18H,10-11H2,1H3. The summed E-state index contributed by atoms with van der Waals surface area (Å²) in [7, 11) is -3.73. The topological polar surface area (TPSA) is 120 Å². The van der Waals surface area contributed by atoms with E-state index in [1.54, 1.807) is 24.5 Å². The number of nitrogens with zero attached hydrogens (tertiary/aromatic N) is 5. The minimum Gasteiger partial charge on any atom is -0.299 e. The van der Waals surface area contributed by atoms with E-state index in [0.717, 1.165) is 5.56 Å². The number of Topliss-reactive ketones (excluding diaryl/α,β-unsaturated/α-hetero) is 1. The SMILES string of the molecule is CC(=O)CNS(=O)(=O)c1ccc(-c2nnn(Cc3ccncc3)n2)cc1. The zero-order valence-corrected chi connectivity index (χ0v) is 14.7. The summed E-state index contributed by atoms with van der Waals surface area (Å²) in [6.07, 6.45) is 3.37. The number of nitrogens with one attached hydrogen (secondary N) is 1. The van der Waals surface area contributed by atoms with Crippen molar-refractivity contribution < 1.29 is 13.2 Å². The van der Waals surface area contributed by atoms with Gasteiger partial charge in [-0.2, -0.15) is 4.80 Å². The zero-order chi connectivity index (χ0) is 18.6. The summed E-state index contributed by atoms with van der Waals surface area (Å²) in [5, 5.41) is 12.3. The lowest BCUT2D eigenvalue weighted by molar-refractivity contribution is -0.115. The van der Waals surface area contributed by atoms with Gasteiger partial charge in [0.1, 0.15) is 5.78 Å². The molecule has 3 aromatic rings. The van der Waals surface area contributed by atoms with Crippen LogP contribution in [0, 0.1) is 0 Å². The lowest BCUT2D eigenvalue weighted by atomic mass is 10.2. The highest BCUT2D eigenvalue weighted by Crippen LogP contribution is 2.17. The van der Waals surface area contributed by atoms with Gasteiger partial charge >= 0.3 is 0 Å². The molecule has 0 aliphatic carbocycles. The lowest BCUT2D eigenvalue weighted by Crippen LogP contribution is -2.28. The summed E-state index contributed by atoms with van der Waals surface area (Å²) in [4.78, 5) is 16.4. The molecule has 134 valence electrons. The highest BCUT2D eigenvalue weighted by Gasteiger charge is 2.15. The van der Waals surface area contributed by atoms with E-state index >= 15 is 0 Å². The first-order valence-electron chi connectivity index (χ1n) is 7.70. The Kier molecular flexibility index (Phi) is 5.14. The Morgan fingerprint density at radius 1 is 1.12 bits per heavy atom. The summed E-state index contributed by atoms with van der Waals surface area (Å²) >= 11 is 0. The molecule has 1 aromatic carbocycles. The molecule has 2 aromatic heterocycles. The van der Waals surface area contributed by atoms with Gasteiger partial charge in [0.05, 0.1) is 18.0 Å². The number of tetrazole rings is 1. The molecule has 10 heteroatoms. The number of hydrogen-bond donors (Lipinski definition) is 1. The molecular formula is C16H16N6O3S. The van der Waals surface area contributed by atoms with Crippen molar-refractivity contribution >= 4 is 15.8 Å². The minimum atomic E-state index is -3.73. The molecule has 0 radical (unpaired) electrons. The number of rotatable bonds is 7. The number of hydrogen-bond acceptors (Lipinski definition) is 7. The van der Waals surface area contributed by atoms with E-state index in [-0.39, 0.29) is 17.2 Å². The summed E-state index contributed by atoms with van der Waals surface area (Å²) in [6, 6.07) is 9.77. The molecule has 3 rings (SSSR count). The molecule has 0 unspecified atom stereocenters. The van der Waals surface area contributed by atoms with Crippen molar-refractivity contribution in [2.75, 3.05) is 6.54 Å². The van der Waals surface area contributed by atoms with Gasteiger partial charge in [0.25, 0.3) is 0 Å². The third-order valence-electron chi connectivity index (χ3n) is 3.46. The van der Waals surface area contributed by atoms with Crippen LogP contribution in [-0.4, -0.2) is 45.9 Å². The van der Waals surface area contributed by atoms with Crippen molar-refractivity contribution in [3.8, 4) is 11.4 Å². The Balaban J connectivity index is 1.74. The van der Waals surface area contributed by atoms with E-state index in [1.807, 2.05) is 12.1 Å². The maximum Gasteiger partial charge on any atom is 0.240 e. The highest BCUT2D eigenvalue weighted by molar-refractivity contribution is 7.89. The number of benzene rings is 1. The van der Waals surface area contributed by atoms with Gasteiger partial charge in [0, 0.05) is 18.0 Å². The maximum absolute atomic E-state index is 12.1. The number of ketones is 1. The van der Waals surface area contributed by atoms with Crippen LogP contribution in [0.25, 0.3) is 11.4 Å². The quantitative estimate of drug-likeness (QED) is 0.646. The fraction of sp³-hybridized carbons (Fsp3) is 0.188. The zero-order valence-electron chi connectivity index (χ0n) is 13.9. The first-order valence-corrected chi connectivity index (χ1v) is 9.18. The van der Waals surface area contributed by atoms with Gasteiger partial charge in [-0.3, -0.25) is 9.78 Å². The number of carbonyl (C=O) groups is 1. The molecule has 2 heterocycles. The number of pyridine rings is 1. The van der Waals surface area contributed by atoms with Crippen molar-refractivity contribution in [2.45, 2.75) is 18.4 Å². The fourth-order valence-corrected chi connectivity index (χ4v) is 3.19. The molecule has 0 bridgehead atoms. The van der Waals surface area contributed by atoms with Crippen molar-refractivity contribution in [1.29, 1.82) is 0 Å². The second kappa shape index (κ2) is 7.50. The molecule has 0 aliphatic heterocycles. The van der Waals surface area contributed by atoms with Gasteiger partial charge < -0.3 is 0 Å². The molecular weight excluding hydrogens is 356 g/mol. The maximum atomic E-state index is 12.1. The van der Waals surface area contributed by atoms with Gasteiger partial charge in [-0.1, -0.05) is 0 Å². The van der Waals surface area contributed by atoms with Crippen molar-refractivity contribution in [1.82, 2.24) is 29.9 Å². The summed E-state index contributed by atoms with van der Waals surface area (Å²) in [6.45, 7) is 1.53. The van der Waals surface area contributed by atoms with E-state index in [1.165, 1.54) is 23.9 Å². The monoisotopic (exact) mass is 372 g/mol. The molecule has 1 N–H and O–H groups in total. The van der Waals surface area contributed by atoms with Gasteiger partial charge in [0.15, 0.2) is 0 Å². The van der Waals surface area contributed by atoms with Gasteiger partial charge in [0.2, 0.25) is 15.8 Å². The van der Waals surface area contributed by atoms with E-state index in [2.05, 4.69) is 25.1 Å². The average molecular weight is 372 g/mol. The normalized spacial score (nSPS) is 11.4. The third kappa shape index (κ3) is 4.35. The average Bonchev–Trinajstić information content (AvgIpc) is 3.09. The Morgan fingerprint density at radius 2 is 1.81 bits per heavy atom. The van der Waals surface area contributed by atoms with E-state index in [0.29, 0.717) is 17.9 Å². The molecule has 0 saturated heterocycles. The first-order chi connectivity index (χ1) is 12.4. The molecule has 0 amide bonds. The fourth-order valence-electron chi connectivity index (χ4n) is 2.14. The molecule has 9 nitrogen and oxygen atoms in total. The van der Waals surface area contributed by atoms with E-state index < -0.39 is 10.0 Å². The lowest BCUT2D eigenvalue weighted by Gasteiger charge is -2.05. The van der Waals surface area contributed by atoms with Crippen LogP contribution in [0.5, 0.6) is 0 Å². The van der Waals surface area contributed by atoms with Gasteiger partial charge in [-0.25, -0.2) is 13.1 Å². The molecule has 0 saturated carbocycles. The van der Waals surface area contributed by atoms with Crippen LogP contribution in [-0.2, 0) is 21.4 Å². The van der Waals surface area contributed by atoms with Crippen LogP contribution in [0.4, 0.5) is 0 Å². The smallest absolute Gasteiger partial charge is 0.240 e. The first kappa shape index (κ1) is 17.8. The second-order valence-corrected chi connectivity index (χ2v) is 7.32. The summed E-state index contributed by atoms with van der Waals surface area (Å²) in [5.74, 6) is 0.125. The third-order valence-corrected chi connectivity index (χ3v) is 4.88. The van der Waals surface area contributed by atoms with Gasteiger partial charge in [-0.05, 0) is 54.1 Å². The molecule has 0 atom stereocenters. The number of carbonyl (C=O) groups excluding carboxylic acids is 1. The van der Waals surface area contributed by atoms with Crippen LogP contribution in [0.2, 0.25) is 0 Å². The van der Waals surface area contributed by atoms with Crippen LogP contribution in [0.15, 0.2) is 53.7 Å². The predicted octanol–water partition coefficient (Wildman–Crippen LogP) is 0.651. The van der Waals surface area contributed by atoms with Crippen LogP contribution >= 0.6 is 0 Å². The largest absolute Gasteiger partial charge is 0.299 e. The van der Waals surface area contributed by atoms with Crippen molar-refractivity contribution in [2.24, 2.45) is 0 Å². The van der Waals surface area contributed by atoms with Crippen LogP contribution in [0.1, 0.15) is 12.5 Å². The predicted molar refractivity (Wildman–Crippen MR) is 92.5 cm³/mol. The van der Waals surface area contributed by atoms with E-state index in [9.17, 15) is 13.2 Å².